The molecule has 0 aromatic carbocycles. The van der Waals surface area contributed by atoms with Crippen molar-refractivity contribution >= 4 is 11.9 Å². The van der Waals surface area contributed by atoms with Gasteiger partial charge in [0.2, 0.25) is 0 Å². The van der Waals surface area contributed by atoms with Gasteiger partial charge in [-0.25, -0.2) is 4.39 Å². The van der Waals surface area contributed by atoms with Gasteiger partial charge in [0.05, 0.1) is 17.3 Å². The molecular weight excluding hydrogens is 436 g/mol. The Hall–Kier alpha value is -1.66. The lowest BCUT2D eigenvalue weighted by molar-refractivity contribution is -0.322. The molecular formula is C17H24F8O5. The maximum atomic E-state index is 13.3. The smallest absolute Gasteiger partial charge is 0.457 e. The van der Waals surface area contributed by atoms with Crippen molar-refractivity contribution in [3.05, 3.63) is 0 Å². The fraction of sp³-hybridized carbons (Fsp3) is 0.882. The highest BCUT2D eigenvalue weighted by molar-refractivity contribution is 5.80. The van der Waals surface area contributed by atoms with Crippen LogP contribution in [0, 0.1) is 10.8 Å². The Labute approximate surface area is 167 Å². The fourth-order valence-corrected chi connectivity index (χ4v) is 2.57. The van der Waals surface area contributed by atoms with Crippen molar-refractivity contribution < 1.29 is 59.3 Å². The van der Waals surface area contributed by atoms with Gasteiger partial charge in [-0.2, -0.15) is 30.7 Å². The zero-order valence-electron chi connectivity index (χ0n) is 16.9. The topological polar surface area (TPSA) is 72.8 Å². The van der Waals surface area contributed by atoms with Gasteiger partial charge in [-0.15, -0.1) is 0 Å². The van der Waals surface area contributed by atoms with Gasteiger partial charge in [-0.1, -0.05) is 6.92 Å². The lowest BCUT2D eigenvalue weighted by atomic mass is 9.72. The monoisotopic (exact) mass is 460 g/mol. The molecule has 30 heavy (non-hydrogen) atoms. The van der Waals surface area contributed by atoms with Crippen molar-refractivity contribution in [1.82, 2.24) is 0 Å². The predicted octanol–water partition coefficient (Wildman–Crippen LogP) is 4.76. The number of esters is 2. The van der Waals surface area contributed by atoms with E-state index in [2.05, 4.69) is 4.74 Å². The second-order valence-corrected chi connectivity index (χ2v) is 7.91. The van der Waals surface area contributed by atoms with Crippen molar-refractivity contribution in [2.24, 2.45) is 10.8 Å². The second kappa shape index (κ2) is 9.23. The molecule has 0 radical (unpaired) electrons. The third-order valence-corrected chi connectivity index (χ3v) is 4.43. The molecule has 0 aliphatic heterocycles. The van der Waals surface area contributed by atoms with E-state index in [0.717, 1.165) is 13.8 Å². The largest absolute Gasteiger partial charge is 0.462 e. The molecule has 1 N–H and O–H groups in total. The summed E-state index contributed by atoms with van der Waals surface area (Å²) in [7, 11) is 0. The second-order valence-electron chi connectivity index (χ2n) is 7.91. The lowest BCUT2D eigenvalue weighted by Crippen LogP contribution is -2.45. The Kier molecular flexibility index (Phi) is 8.72. The van der Waals surface area contributed by atoms with Crippen LogP contribution in [0.25, 0.3) is 0 Å². The van der Waals surface area contributed by atoms with E-state index in [1.807, 2.05) is 0 Å². The molecule has 13 heteroatoms. The highest BCUT2D eigenvalue weighted by Gasteiger charge is 2.56. The van der Waals surface area contributed by atoms with Gasteiger partial charge in [0.1, 0.15) is 6.10 Å². The molecule has 0 bridgehead atoms. The first-order chi connectivity index (χ1) is 13.1. The van der Waals surface area contributed by atoms with Crippen LogP contribution in [0.4, 0.5) is 35.1 Å². The van der Waals surface area contributed by atoms with E-state index in [9.17, 15) is 44.7 Å². The van der Waals surface area contributed by atoms with Crippen molar-refractivity contribution in [3.63, 3.8) is 0 Å². The summed E-state index contributed by atoms with van der Waals surface area (Å²) in [4.78, 5) is 24.3. The van der Waals surface area contributed by atoms with Crippen LogP contribution in [-0.4, -0.2) is 47.7 Å². The number of hydrogen-bond donors (Lipinski definition) is 1. The molecule has 0 aromatic heterocycles. The van der Waals surface area contributed by atoms with Crippen LogP contribution in [0.2, 0.25) is 0 Å². The van der Waals surface area contributed by atoms with Gasteiger partial charge in [0.25, 0.3) is 0 Å². The molecule has 4 unspecified atom stereocenters. The van der Waals surface area contributed by atoms with Gasteiger partial charge in [-0.05, 0) is 40.5 Å². The number of alkyl halides is 8. The van der Waals surface area contributed by atoms with Crippen LogP contribution in [0.3, 0.4) is 0 Å². The summed E-state index contributed by atoms with van der Waals surface area (Å²) in [5.41, 5.74) is -3.46. The molecule has 0 spiro atoms. The zero-order valence-corrected chi connectivity index (χ0v) is 16.9. The van der Waals surface area contributed by atoms with Gasteiger partial charge < -0.3 is 14.6 Å². The fourth-order valence-electron chi connectivity index (χ4n) is 2.57. The van der Waals surface area contributed by atoms with Crippen LogP contribution in [0.15, 0.2) is 0 Å². The number of ether oxygens (including phenoxy) is 2. The van der Waals surface area contributed by atoms with Crippen molar-refractivity contribution in [3.8, 4) is 0 Å². The van der Waals surface area contributed by atoms with Crippen molar-refractivity contribution in [1.29, 1.82) is 0 Å². The molecule has 0 heterocycles. The highest BCUT2D eigenvalue weighted by atomic mass is 19.4. The predicted molar refractivity (Wildman–Crippen MR) is 86.1 cm³/mol. The summed E-state index contributed by atoms with van der Waals surface area (Å²) in [5, 5.41) is 8.81. The first kappa shape index (κ1) is 28.3. The number of rotatable bonds is 9. The van der Waals surface area contributed by atoms with E-state index < -0.39 is 66.3 Å². The third-order valence-electron chi connectivity index (χ3n) is 4.43. The maximum absolute atomic E-state index is 13.3. The van der Waals surface area contributed by atoms with E-state index in [-0.39, 0.29) is 6.42 Å². The molecule has 0 amide bonds. The lowest BCUT2D eigenvalue weighted by Gasteiger charge is -2.35. The van der Waals surface area contributed by atoms with Crippen LogP contribution in [-0.2, 0) is 19.1 Å². The van der Waals surface area contributed by atoms with Crippen molar-refractivity contribution in [2.75, 3.05) is 0 Å². The Morgan fingerprint density at radius 1 is 0.933 bits per heavy atom. The summed E-state index contributed by atoms with van der Waals surface area (Å²) < 4.78 is 109. The molecule has 0 aliphatic rings. The van der Waals surface area contributed by atoms with Gasteiger partial charge >= 0.3 is 36.5 Å². The van der Waals surface area contributed by atoms with Gasteiger partial charge in [0, 0.05) is 0 Å². The van der Waals surface area contributed by atoms with Crippen LogP contribution < -0.4 is 0 Å². The standard InChI is InChI=1S/C17H24F8O5/c1-6-14(5,12(27)30-10(18)16(20,21)22)8-13(3,4)11(26)29-9(2)7-15(19,28)17(23,24)25/h9-10,28H,6-8H2,1-5H3. The number of aliphatic hydroxyl groups is 1. The van der Waals surface area contributed by atoms with Crippen molar-refractivity contribution in [2.45, 2.75) is 84.6 Å². The first-order valence-corrected chi connectivity index (χ1v) is 8.70. The summed E-state index contributed by atoms with van der Waals surface area (Å²) in [6.07, 6.45) is -19.0. The van der Waals surface area contributed by atoms with Crippen LogP contribution in [0.1, 0.15) is 53.9 Å². The third kappa shape index (κ3) is 7.55. The summed E-state index contributed by atoms with van der Waals surface area (Å²) in [6.45, 7) is 5.70. The molecule has 5 nitrogen and oxygen atoms in total. The van der Waals surface area contributed by atoms with Gasteiger partial charge in [-0.3, -0.25) is 9.59 Å². The number of hydrogen-bond acceptors (Lipinski definition) is 5. The molecule has 0 rings (SSSR count). The summed E-state index contributed by atoms with van der Waals surface area (Å²) in [5.74, 6) is -7.42. The molecule has 178 valence electrons. The highest BCUT2D eigenvalue weighted by Crippen LogP contribution is 2.41. The normalized spacial score (nSPS) is 19.3. The molecule has 0 fully saturated rings. The number of carbonyl (C=O) groups excluding carboxylic acids is 2. The van der Waals surface area contributed by atoms with Crippen LogP contribution in [0.5, 0.6) is 0 Å². The van der Waals surface area contributed by atoms with Crippen LogP contribution >= 0.6 is 0 Å². The average molecular weight is 460 g/mol. The Bertz CT molecular complexity index is 614. The Morgan fingerprint density at radius 3 is 1.77 bits per heavy atom. The summed E-state index contributed by atoms with van der Waals surface area (Å²) in [6, 6.07) is 0. The molecule has 0 saturated carbocycles. The minimum atomic E-state index is -5.63. The minimum absolute atomic E-state index is 0.180. The molecule has 0 aliphatic carbocycles. The SMILES string of the molecule is CCC(C)(CC(C)(C)C(=O)OC(C)CC(O)(F)C(F)(F)F)C(=O)OC(F)C(F)(F)F. The molecule has 4 atom stereocenters. The molecule has 0 aromatic rings. The zero-order chi connectivity index (χ0) is 24.3. The van der Waals surface area contributed by atoms with E-state index >= 15 is 0 Å². The Balaban J connectivity index is 5.28. The summed E-state index contributed by atoms with van der Waals surface area (Å²) >= 11 is 0. The number of carbonyl (C=O) groups is 2. The van der Waals surface area contributed by atoms with Gasteiger partial charge in [0.15, 0.2) is 0 Å². The Morgan fingerprint density at radius 2 is 1.40 bits per heavy atom. The van der Waals surface area contributed by atoms with E-state index in [1.54, 1.807) is 0 Å². The van der Waals surface area contributed by atoms with E-state index in [4.69, 9.17) is 9.84 Å². The maximum Gasteiger partial charge on any atom is 0.457 e. The minimum Gasteiger partial charge on any atom is -0.462 e. The molecule has 0 saturated heterocycles. The van der Waals surface area contributed by atoms with E-state index in [0.29, 0.717) is 0 Å². The van der Waals surface area contributed by atoms with E-state index in [1.165, 1.54) is 20.8 Å². The average Bonchev–Trinajstić information content (AvgIpc) is 2.51. The first-order valence-electron chi connectivity index (χ1n) is 8.70. The quantitative estimate of drug-likeness (QED) is 0.397. The number of halogens is 8.